The molecule has 0 bridgehead atoms. The summed E-state index contributed by atoms with van der Waals surface area (Å²) in [6.07, 6.45) is 0. The van der Waals surface area contributed by atoms with E-state index >= 15 is 0 Å². The summed E-state index contributed by atoms with van der Waals surface area (Å²) in [6, 6.07) is 6.40. The molecule has 0 atom stereocenters. The Balaban J connectivity index is 2.49. The Labute approximate surface area is 131 Å². The first kappa shape index (κ1) is 16.5. The molecule has 0 N–H and O–H groups in total. The molecule has 0 saturated heterocycles. The van der Waals surface area contributed by atoms with Gasteiger partial charge in [0, 0.05) is 13.1 Å². The van der Waals surface area contributed by atoms with Gasteiger partial charge in [-0.05, 0) is 30.3 Å². The topological polar surface area (TPSA) is 46.6 Å². The third-order valence-corrected chi connectivity index (χ3v) is 5.09. The van der Waals surface area contributed by atoms with Crippen molar-refractivity contribution in [3.63, 3.8) is 0 Å². The van der Waals surface area contributed by atoms with E-state index in [0.29, 0.717) is 10.1 Å². The second-order valence-corrected chi connectivity index (χ2v) is 6.74. The molecule has 0 aliphatic heterocycles. The first-order valence-corrected chi connectivity index (χ1v) is 7.86. The van der Waals surface area contributed by atoms with Crippen LogP contribution in [0.4, 0.5) is 14.5 Å². The lowest BCUT2D eigenvalue weighted by Gasteiger charge is -2.20. The molecule has 0 fully saturated rings. The van der Waals surface area contributed by atoms with Gasteiger partial charge in [-0.25, -0.2) is 17.2 Å². The minimum Gasteiger partial charge on any atom is -0.495 e. The fourth-order valence-electron chi connectivity index (χ4n) is 1.82. The number of hydrogen-bond acceptors (Lipinski definition) is 3. The smallest absolute Gasteiger partial charge is 0.264 e. The SMILES string of the molecule is COc1ccc(S(=O)(=O)N(C)c2cc(F)ccc2F)cc1Cl. The Morgan fingerprint density at radius 3 is 2.41 bits per heavy atom. The zero-order valence-corrected chi connectivity index (χ0v) is 13.3. The van der Waals surface area contributed by atoms with Crippen LogP contribution in [0, 0.1) is 11.6 Å². The molecule has 0 heterocycles. The van der Waals surface area contributed by atoms with Gasteiger partial charge in [0.05, 0.1) is 22.7 Å². The Bertz CT molecular complexity index is 812. The van der Waals surface area contributed by atoms with Crippen molar-refractivity contribution in [3.05, 3.63) is 53.1 Å². The van der Waals surface area contributed by atoms with E-state index in [1.807, 2.05) is 0 Å². The number of benzene rings is 2. The van der Waals surface area contributed by atoms with E-state index in [4.69, 9.17) is 16.3 Å². The minimum atomic E-state index is -4.09. The molecule has 0 amide bonds. The van der Waals surface area contributed by atoms with Crippen molar-refractivity contribution in [2.24, 2.45) is 0 Å². The average molecular weight is 348 g/mol. The summed E-state index contributed by atoms with van der Waals surface area (Å²) < 4.78 is 57.5. The lowest BCUT2D eigenvalue weighted by Crippen LogP contribution is -2.27. The molecule has 2 aromatic carbocycles. The van der Waals surface area contributed by atoms with Gasteiger partial charge in [-0.2, -0.15) is 0 Å². The summed E-state index contributed by atoms with van der Waals surface area (Å²) in [7, 11) is -1.57. The van der Waals surface area contributed by atoms with Gasteiger partial charge in [0.25, 0.3) is 10.0 Å². The first-order chi connectivity index (χ1) is 10.3. The summed E-state index contributed by atoms with van der Waals surface area (Å²) >= 11 is 5.90. The standard InChI is InChI=1S/C14H12ClF2NO3S/c1-18(13-7-9(16)3-5-12(13)17)22(19,20)10-4-6-14(21-2)11(15)8-10/h3-8H,1-2H3. The van der Waals surface area contributed by atoms with Crippen LogP contribution in [-0.2, 0) is 10.0 Å². The van der Waals surface area contributed by atoms with Crippen molar-refractivity contribution in [3.8, 4) is 5.75 Å². The van der Waals surface area contributed by atoms with Gasteiger partial charge in [-0.15, -0.1) is 0 Å². The maximum Gasteiger partial charge on any atom is 0.264 e. The van der Waals surface area contributed by atoms with E-state index in [-0.39, 0.29) is 9.92 Å². The van der Waals surface area contributed by atoms with Crippen LogP contribution < -0.4 is 9.04 Å². The molecule has 0 saturated carbocycles. The molecule has 0 aliphatic rings. The predicted molar refractivity (Wildman–Crippen MR) is 80.0 cm³/mol. The van der Waals surface area contributed by atoms with Crippen molar-refractivity contribution in [2.75, 3.05) is 18.5 Å². The lowest BCUT2D eigenvalue weighted by molar-refractivity contribution is 0.414. The molecular formula is C14H12ClF2NO3S. The van der Waals surface area contributed by atoms with E-state index in [2.05, 4.69) is 0 Å². The number of halogens is 3. The van der Waals surface area contributed by atoms with Gasteiger partial charge >= 0.3 is 0 Å². The quantitative estimate of drug-likeness (QED) is 0.851. The largest absolute Gasteiger partial charge is 0.495 e. The highest BCUT2D eigenvalue weighted by Crippen LogP contribution is 2.30. The molecule has 8 heteroatoms. The third kappa shape index (κ3) is 3.00. The molecule has 2 rings (SSSR count). The first-order valence-electron chi connectivity index (χ1n) is 6.05. The van der Waals surface area contributed by atoms with Crippen molar-refractivity contribution < 1.29 is 21.9 Å². The summed E-state index contributed by atoms with van der Waals surface area (Å²) in [4.78, 5) is -0.163. The highest BCUT2D eigenvalue weighted by molar-refractivity contribution is 7.92. The minimum absolute atomic E-state index is 0.0942. The fourth-order valence-corrected chi connectivity index (χ4v) is 3.37. The van der Waals surface area contributed by atoms with Crippen molar-refractivity contribution in [2.45, 2.75) is 4.90 Å². The van der Waals surface area contributed by atoms with Gasteiger partial charge in [0.15, 0.2) is 0 Å². The monoisotopic (exact) mass is 347 g/mol. The zero-order valence-electron chi connectivity index (χ0n) is 11.7. The van der Waals surface area contributed by atoms with Crippen molar-refractivity contribution in [1.29, 1.82) is 0 Å². The summed E-state index contributed by atoms with van der Waals surface area (Å²) in [5.41, 5.74) is -0.396. The van der Waals surface area contributed by atoms with Crippen molar-refractivity contribution >= 4 is 27.3 Å². The van der Waals surface area contributed by atoms with E-state index in [0.717, 1.165) is 25.2 Å². The summed E-state index contributed by atoms with van der Waals surface area (Å²) in [5.74, 6) is -1.29. The van der Waals surface area contributed by atoms with Gasteiger partial charge in [0.1, 0.15) is 17.4 Å². The molecule has 2 aromatic rings. The number of nitrogens with zero attached hydrogens (tertiary/aromatic N) is 1. The second kappa shape index (κ2) is 6.10. The van der Waals surface area contributed by atoms with Crippen LogP contribution in [0.25, 0.3) is 0 Å². The molecule has 0 radical (unpaired) electrons. The van der Waals surface area contributed by atoms with Crippen LogP contribution in [-0.4, -0.2) is 22.6 Å². The van der Waals surface area contributed by atoms with E-state index in [9.17, 15) is 17.2 Å². The molecular weight excluding hydrogens is 336 g/mol. The number of methoxy groups -OCH3 is 1. The van der Waals surface area contributed by atoms with E-state index < -0.39 is 27.3 Å². The highest BCUT2D eigenvalue weighted by Gasteiger charge is 2.25. The number of rotatable bonds is 4. The Morgan fingerprint density at radius 2 is 1.82 bits per heavy atom. The van der Waals surface area contributed by atoms with Gasteiger partial charge in [-0.3, -0.25) is 4.31 Å². The van der Waals surface area contributed by atoms with E-state index in [1.54, 1.807) is 0 Å². The van der Waals surface area contributed by atoms with Gasteiger partial charge < -0.3 is 4.74 Å². The summed E-state index contributed by atoms with van der Waals surface area (Å²) in [5, 5.41) is 0.0942. The van der Waals surface area contributed by atoms with Crippen molar-refractivity contribution in [1.82, 2.24) is 0 Å². The number of sulfonamides is 1. The lowest BCUT2D eigenvalue weighted by atomic mass is 10.3. The van der Waals surface area contributed by atoms with Gasteiger partial charge in [0.2, 0.25) is 0 Å². The number of anilines is 1. The number of ether oxygens (including phenoxy) is 1. The molecule has 22 heavy (non-hydrogen) atoms. The van der Waals surface area contributed by atoms with Crippen LogP contribution in [0.15, 0.2) is 41.3 Å². The zero-order chi connectivity index (χ0) is 16.5. The molecule has 0 spiro atoms. The maximum absolute atomic E-state index is 13.7. The van der Waals surface area contributed by atoms with Crippen LogP contribution in [0.1, 0.15) is 0 Å². The second-order valence-electron chi connectivity index (χ2n) is 4.36. The van der Waals surface area contributed by atoms with Crippen LogP contribution in [0.2, 0.25) is 5.02 Å². The Hall–Kier alpha value is -1.86. The average Bonchev–Trinajstić information content (AvgIpc) is 2.48. The highest BCUT2D eigenvalue weighted by atomic mass is 35.5. The summed E-state index contributed by atoms with van der Waals surface area (Å²) in [6.45, 7) is 0. The molecule has 0 aromatic heterocycles. The third-order valence-electron chi connectivity index (χ3n) is 3.03. The predicted octanol–water partition coefficient (Wildman–Crippen LogP) is 3.45. The normalized spacial score (nSPS) is 11.3. The van der Waals surface area contributed by atoms with Gasteiger partial charge in [-0.1, -0.05) is 11.6 Å². The Morgan fingerprint density at radius 1 is 1.14 bits per heavy atom. The van der Waals surface area contributed by atoms with Crippen LogP contribution in [0.3, 0.4) is 0 Å². The molecule has 0 unspecified atom stereocenters. The van der Waals surface area contributed by atoms with E-state index in [1.165, 1.54) is 25.3 Å². The molecule has 118 valence electrons. The van der Waals surface area contributed by atoms with Crippen LogP contribution >= 0.6 is 11.6 Å². The molecule has 4 nitrogen and oxygen atoms in total. The fraction of sp³-hybridized carbons (Fsp3) is 0.143. The van der Waals surface area contributed by atoms with Crippen LogP contribution in [0.5, 0.6) is 5.75 Å². The molecule has 0 aliphatic carbocycles. The Kier molecular flexibility index (Phi) is 4.58. The maximum atomic E-state index is 13.7. The number of hydrogen-bond donors (Lipinski definition) is 0.